The SMILES string of the molecule is Cc1cc(F)c(-c2cc(C(N)=O)nc3c2CCN(C/C(=C/N)N(N)C(C)(C)C)C3)c(F)c1. The number of rotatable bonds is 5. The van der Waals surface area contributed by atoms with E-state index in [1.807, 2.05) is 20.8 Å². The molecule has 6 N–H and O–H groups in total. The number of nitrogens with two attached hydrogens (primary N) is 3. The fourth-order valence-corrected chi connectivity index (χ4v) is 3.91. The van der Waals surface area contributed by atoms with Gasteiger partial charge in [0.05, 0.1) is 17.0 Å². The van der Waals surface area contributed by atoms with Gasteiger partial charge < -0.3 is 16.5 Å². The molecule has 0 bridgehead atoms. The number of amides is 1. The molecule has 1 aliphatic heterocycles. The number of fused-ring (bicyclic) bond motifs is 1. The molecule has 7 nitrogen and oxygen atoms in total. The second-order valence-electron chi connectivity index (χ2n) is 9.11. The van der Waals surface area contributed by atoms with Gasteiger partial charge >= 0.3 is 0 Å². The fraction of sp³-hybridized carbons (Fsp3) is 0.391. The second-order valence-corrected chi connectivity index (χ2v) is 9.11. The smallest absolute Gasteiger partial charge is 0.267 e. The summed E-state index contributed by atoms with van der Waals surface area (Å²) >= 11 is 0. The predicted octanol–water partition coefficient (Wildman–Crippen LogP) is 2.57. The number of hydrogen-bond acceptors (Lipinski definition) is 6. The van der Waals surface area contributed by atoms with Crippen LogP contribution in [-0.4, -0.2) is 39.4 Å². The molecule has 2 aromatic rings. The van der Waals surface area contributed by atoms with Gasteiger partial charge in [-0.3, -0.25) is 9.69 Å². The number of hydrogen-bond donors (Lipinski definition) is 3. The zero-order valence-corrected chi connectivity index (χ0v) is 18.9. The maximum absolute atomic E-state index is 14.8. The maximum atomic E-state index is 14.8. The molecule has 9 heteroatoms. The van der Waals surface area contributed by atoms with Crippen LogP contribution >= 0.6 is 0 Å². The third kappa shape index (κ3) is 4.73. The first kappa shape index (κ1) is 23.6. The molecule has 1 aliphatic rings. The quantitative estimate of drug-likeness (QED) is 0.482. The van der Waals surface area contributed by atoms with E-state index in [4.69, 9.17) is 17.3 Å². The Morgan fingerprint density at radius 1 is 1.25 bits per heavy atom. The van der Waals surface area contributed by atoms with Gasteiger partial charge in [0, 0.05) is 31.4 Å². The lowest BCUT2D eigenvalue weighted by Gasteiger charge is -2.38. The molecular formula is C23H30F2N6O. The topological polar surface area (TPSA) is 114 Å². The summed E-state index contributed by atoms with van der Waals surface area (Å²) in [6, 6.07) is 3.91. The fourth-order valence-electron chi connectivity index (χ4n) is 3.91. The first-order valence-corrected chi connectivity index (χ1v) is 10.4. The van der Waals surface area contributed by atoms with Crippen molar-refractivity contribution in [3.8, 4) is 11.1 Å². The number of nitrogens with zero attached hydrogens (tertiary/aromatic N) is 3. The van der Waals surface area contributed by atoms with Gasteiger partial charge in [-0.1, -0.05) is 0 Å². The number of aryl methyl sites for hydroxylation is 1. The molecule has 0 saturated carbocycles. The van der Waals surface area contributed by atoms with Crippen molar-refractivity contribution in [2.24, 2.45) is 17.3 Å². The Bertz CT molecular complexity index is 1050. The van der Waals surface area contributed by atoms with Gasteiger partial charge in [0.15, 0.2) is 0 Å². The minimum atomic E-state index is -0.762. The van der Waals surface area contributed by atoms with Crippen molar-refractivity contribution in [3.63, 3.8) is 0 Å². The highest BCUT2D eigenvalue weighted by molar-refractivity contribution is 5.92. The van der Waals surface area contributed by atoms with Crippen LogP contribution in [0.1, 0.15) is 48.1 Å². The third-order valence-corrected chi connectivity index (χ3v) is 5.58. The molecule has 1 aromatic heterocycles. The van der Waals surface area contributed by atoms with Crippen molar-refractivity contribution in [1.82, 2.24) is 14.9 Å². The highest BCUT2D eigenvalue weighted by Crippen LogP contribution is 2.34. The monoisotopic (exact) mass is 444 g/mol. The van der Waals surface area contributed by atoms with Crippen LogP contribution < -0.4 is 17.3 Å². The van der Waals surface area contributed by atoms with E-state index in [1.165, 1.54) is 24.4 Å². The summed E-state index contributed by atoms with van der Waals surface area (Å²) < 4.78 is 29.5. The molecule has 0 radical (unpaired) electrons. The van der Waals surface area contributed by atoms with Gasteiger partial charge in [-0.2, -0.15) is 0 Å². The van der Waals surface area contributed by atoms with Crippen molar-refractivity contribution in [2.45, 2.75) is 46.2 Å². The summed E-state index contributed by atoms with van der Waals surface area (Å²) in [4.78, 5) is 18.4. The molecule has 1 amide bonds. The summed E-state index contributed by atoms with van der Waals surface area (Å²) in [6.07, 6.45) is 1.96. The highest BCUT2D eigenvalue weighted by atomic mass is 19.1. The standard InChI is InChI=1S/C23H30F2N6O/c1-13-7-17(24)21(18(25)8-13)16-9-19(22(27)32)29-20-12-30(6-5-15(16)20)11-14(10-26)31(28)23(2,3)4/h7-10H,5-6,11-12,26,28H2,1-4H3,(H2,27,32)/b14-10-. The first-order chi connectivity index (χ1) is 14.9. The van der Waals surface area contributed by atoms with Crippen LogP contribution in [0.25, 0.3) is 11.1 Å². The molecule has 0 unspecified atom stereocenters. The molecule has 0 saturated heterocycles. The molecule has 172 valence electrons. The van der Waals surface area contributed by atoms with Crippen molar-refractivity contribution in [3.05, 3.63) is 64.2 Å². The van der Waals surface area contributed by atoms with Crippen molar-refractivity contribution in [2.75, 3.05) is 13.1 Å². The number of halogens is 2. The Morgan fingerprint density at radius 3 is 2.41 bits per heavy atom. The second kappa shape index (κ2) is 8.84. The van der Waals surface area contributed by atoms with E-state index in [-0.39, 0.29) is 16.8 Å². The summed E-state index contributed by atoms with van der Waals surface area (Å²) in [5, 5.41) is 1.61. The Morgan fingerprint density at radius 2 is 1.88 bits per heavy atom. The molecule has 0 spiro atoms. The van der Waals surface area contributed by atoms with E-state index in [2.05, 4.69) is 9.88 Å². The van der Waals surface area contributed by atoms with Crippen molar-refractivity contribution >= 4 is 5.91 Å². The van der Waals surface area contributed by atoms with Crippen molar-refractivity contribution < 1.29 is 13.6 Å². The maximum Gasteiger partial charge on any atom is 0.267 e. The van der Waals surface area contributed by atoms with E-state index >= 15 is 0 Å². The molecule has 32 heavy (non-hydrogen) atoms. The van der Waals surface area contributed by atoms with Crippen LogP contribution in [0.2, 0.25) is 0 Å². The first-order valence-electron chi connectivity index (χ1n) is 10.4. The van der Waals surface area contributed by atoms with E-state index in [0.717, 1.165) is 5.70 Å². The van der Waals surface area contributed by atoms with E-state index in [9.17, 15) is 13.6 Å². The number of carbonyl (C=O) groups is 1. The lowest BCUT2D eigenvalue weighted by atomic mass is 9.92. The minimum Gasteiger partial charge on any atom is -0.403 e. The minimum absolute atomic E-state index is 0.0373. The van der Waals surface area contributed by atoms with Gasteiger partial charge in [0.25, 0.3) is 5.91 Å². The van der Waals surface area contributed by atoms with Gasteiger partial charge in [0.2, 0.25) is 0 Å². The predicted molar refractivity (Wildman–Crippen MR) is 120 cm³/mol. The molecule has 0 fully saturated rings. The number of pyridine rings is 1. The summed E-state index contributed by atoms with van der Waals surface area (Å²) in [5.74, 6) is 4.09. The van der Waals surface area contributed by atoms with Crippen LogP contribution in [0.15, 0.2) is 30.1 Å². The van der Waals surface area contributed by atoms with E-state index in [0.29, 0.717) is 48.4 Å². The average Bonchev–Trinajstić information content (AvgIpc) is 2.69. The Kier molecular flexibility index (Phi) is 6.52. The Labute approximate surface area is 186 Å². The van der Waals surface area contributed by atoms with Crippen LogP contribution in [0.5, 0.6) is 0 Å². The lowest BCUT2D eigenvalue weighted by molar-refractivity contribution is 0.0994. The number of carbonyl (C=O) groups excluding carboxylic acids is 1. The van der Waals surface area contributed by atoms with Gasteiger partial charge in [-0.15, -0.1) is 0 Å². The molecule has 1 aromatic carbocycles. The highest BCUT2D eigenvalue weighted by Gasteiger charge is 2.28. The number of primary amides is 1. The summed E-state index contributed by atoms with van der Waals surface area (Å²) in [7, 11) is 0. The van der Waals surface area contributed by atoms with E-state index in [1.54, 1.807) is 11.9 Å². The molecule has 0 atom stereocenters. The van der Waals surface area contributed by atoms with Crippen molar-refractivity contribution in [1.29, 1.82) is 0 Å². The van der Waals surface area contributed by atoms with Crippen LogP contribution in [0.4, 0.5) is 8.78 Å². The molecular weight excluding hydrogens is 414 g/mol. The average molecular weight is 445 g/mol. The zero-order chi connectivity index (χ0) is 23.8. The largest absolute Gasteiger partial charge is 0.403 e. The van der Waals surface area contributed by atoms with Gasteiger partial charge in [-0.25, -0.2) is 19.6 Å². The molecule has 2 heterocycles. The number of aromatic nitrogens is 1. The van der Waals surface area contributed by atoms with Crippen LogP contribution in [0.3, 0.4) is 0 Å². The number of hydrazine groups is 1. The van der Waals surface area contributed by atoms with Gasteiger partial charge in [-0.05, 0) is 69.0 Å². The Balaban J connectivity index is 2.01. The number of benzene rings is 1. The van der Waals surface area contributed by atoms with Crippen LogP contribution in [-0.2, 0) is 13.0 Å². The lowest BCUT2D eigenvalue weighted by Crippen LogP contribution is -2.49. The van der Waals surface area contributed by atoms with E-state index < -0.39 is 17.5 Å². The third-order valence-electron chi connectivity index (χ3n) is 5.58. The normalized spacial score (nSPS) is 14.9. The Hall–Kier alpha value is -3.04. The summed E-state index contributed by atoms with van der Waals surface area (Å²) in [5.41, 5.74) is 13.5. The summed E-state index contributed by atoms with van der Waals surface area (Å²) in [6.45, 7) is 8.94. The zero-order valence-electron chi connectivity index (χ0n) is 18.9. The molecule has 0 aliphatic carbocycles. The molecule has 3 rings (SSSR count). The van der Waals surface area contributed by atoms with Crippen LogP contribution in [0, 0.1) is 18.6 Å². The van der Waals surface area contributed by atoms with Gasteiger partial charge in [0.1, 0.15) is 17.3 Å².